The van der Waals surface area contributed by atoms with Gasteiger partial charge in [-0.25, -0.2) is 4.79 Å². The van der Waals surface area contributed by atoms with Crippen molar-refractivity contribution in [2.24, 2.45) is 0 Å². The van der Waals surface area contributed by atoms with Crippen molar-refractivity contribution in [2.75, 3.05) is 39.8 Å². The lowest BCUT2D eigenvalue weighted by Gasteiger charge is -2.45. The first-order valence-corrected chi connectivity index (χ1v) is 12.6. The van der Waals surface area contributed by atoms with Gasteiger partial charge in [-0.3, -0.25) is 14.7 Å². The van der Waals surface area contributed by atoms with Gasteiger partial charge in [-0.15, -0.1) is 0 Å². The number of carbonyl (C=O) groups excluding carboxylic acids is 1. The minimum absolute atomic E-state index is 0.283. The van der Waals surface area contributed by atoms with Crippen LogP contribution >= 0.6 is 0 Å². The van der Waals surface area contributed by atoms with Crippen molar-refractivity contribution >= 4 is 11.5 Å². The van der Waals surface area contributed by atoms with Crippen molar-refractivity contribution in [3.8, 4) is 0 Å². The highest BCUT2D eigenvalue weighted by Crippen LogP contribution is 2.28. The zero-order chi connectivity index (χ0) is 24.1. The van der Waals surface area contributed by atoms with Crippen molar-refractivity contribution in [1.82, 2.24) is 14.7 Å². The predicted molar refractivity (Wildman–Crippen MR) is 139 cm³/mol. The lowest BCUT2D eigenvalue weighted by molar-refractivity contribution is 0.0290. The minimum atomic E-state index is -0.283. The summed E-state index contributed by atoms with van der Waals surface area (Å²) in [6, 6.07) is 17.8. The zero-order valence-corrected chi connectivity index (χ0v) is 21.2. The molecule has 0 amide bonds. The van der Waals surface area contributed by atoms with Crippen LogP contribution in [0, 0.1) is 0 Å². The van der Waals surface area contributed by atoms with Crippen LogP contribution in [0.25, 0.3) is 5.57 Å². The highest BCUT2D eigenvalue weighted by molar-refractivity contribution is 5.89. The van der Waals surface area contributed by atoms with Gasteiger partial charge in [0.2, 0.25) is 0 Å². The average molecular weight is 462 g/mol. The number of nitrogens with zero attached hydrogens (tertiary/aromatic N) is 3. The van der Waals surface area contributed by atoms with E-state index in [1.165, 1.54) is 29.4 Å². The Morgan fingerprint density at radius 2 is 1.68 bits per heavy atom. The molecular weight excluding hydrogens is 422 g/mol. The normalized spacial score (nSPS) is 22.4. The number of esters is 1. The van der Waals surface area contributed by atoms with Crippen molar-refractivity contribution < 1.29 is 9.53 Å². The summed E-state index contributed by atoms with van der Waals surface area (Å²) in [6.45, 7) is 14.3. The van der Waals surface area contributed by atoms with Crippen LogP contribution in [0.1, 0.15) is 54.2 Å². The van der Waals surface area contributed by atoms with E-state index >= 15 is 0 Å². The lowest BCUT2D eigenvalue weighted by Crippen LogP contribution is -2.55. The summed E-state index contributed by atoms with van der Waals surface area (Å²) >= 11 is 0. The lowest BCUT2D eigenvalue weighted by atomic mass is 9.93. The quantitative estimate of drug-likeness (QED) is 0.560. The van der Waals surface area contributed by atoms with Gasteiger partial charge in [-0.05, 0) is 61.2 Å². The first-order chi connectivity index (χ1) is 16.5. The summed E-state index contributed by atoms with van der Waals surface area (Å²) in [4.78, 5) is 19.4. The molecule has 0 saturated carbocycles. The summed E-state index contributed by atoms with van der Waals surface area (Å²) < 4.78 is 4.81. The highest BCUT2D eigenvalue weighted by Gasteiger charge is 2.30. The van der Waals surface area contributed by atoms with Crippen LogP contribution in [0.4, 0.5) is 0 Å². The van der Waals surface area contributed by atoms with Crippen LogP contribution in [0.3, 0.4) is 0 Å². The van der Waals surface area contributed by atoms with Crippen LogP contribution in [0.15, 0.2) is 54.6 Å². The van der Waals surface area contributed by atoms with Gasteiger partial charge >= 0.3 is 5.97 Å². The smallest absolute Gasteiger partial charge is 0.337 e. The monoisotopic (exact) mass is 461 g/mol. The van der Waals surface area contributed by atoms with Crippen molar-refractivity contribution in [2.45, 2.75) is 52.4 Å². The van der Waals surface area contributed by atoms with Gasteiger partial charge in [0.15, 0.2) is 0 Å². The van der Waals surface area contributed by atoms with E-state index in [2.05, 4.69) is 65.8 Å². The standard InChI is InChI=1S/C29H39N3O2/c1-5-30-16-14-25(15-17-30)28-9-7-6-8-27(28)21-32-22(2)18-31(19-23(32)3)20-24-10-12-26(13-11-24)29(33)34-4/h6-14,22-23H,5,15-21H2,1-4H3/t22-,23+. The summed E-state index contributed by atoms with van der Waals surface area (Å²) in [5.41, 5.74) is 6.23. The molecule has 2 aromatic carbocycles. The van der Waals surface area contributed by atoms with E-state index in [-0.39, 0.29) is 5.97 Å². The van der Waals surface area contributed by atoms with Crippen LogP contribution in [-0.4, -0.2) is 72.6 Å². The Hall–Kier alpha value is -2.47. The second kappa shape index (κ2) is 11.3. The van der Waals surface area contributed by atoms with Gasteiger partial charge in [-0.1, -0.05) is 49.4 Å². The van der Waals surface area contributed by atoms with Gasteiger partial charge in [-0.2, -0.15) is 0 Å². The number of benzene rings is 2. The largest absolute Gasteiger partial charge is 0.465 e. The number of piperazine rings is 1. The van der Waals surface area contributed by atoms with E-state index in [9.17, 15) is 4.79 Å². The molecule has 0 aromatic heterocycles. The first-order valence-electron chi connectivity index (χ1n) is 12.6. The molecule has 0 unspecified atom stereocenters. The molecule has 2 heterocycles. The summed E-state index contributed by atoms with van der Waals surface area (Å²) in [6.07, 6.45) is 3.57. The average Bonchev–Trinajstić information content (AvgIpc) is 2.86. The second-order valence-electron chi connectivity index (χ2n) is 9.78. The maximum absolute atomic E-state index is 11.7. The molecule has 2 aliphatic rings. The molecule has 0 radical (unpaired) electrons. The fourth-order valence-electron chi connectivity index (χ4n) is 5.44. The minimum Gasteiger partial charge on any atom is -0.465 e. The number of rotatable bonds is 7. The Kier molecular flexibility index (Phi) is 8.19. The van der Waals surface area contributed by atoms with E-state index in [4.69, 9.17) is 4.74 Å². The molecule has 1 saturated heterocycles. The van der Waals surface area contributed by atoms with Gasteiger partial charge in [0, 0.05) is 51.4 Å². The molecular formula is C29H39N3O2. The summed E-state index contributed by atoms with van der Waals surface area (Å²) in [5, 5.41) is 0. The molecule has 0 spiro atoms. The third-order valence-electron chi connectivity index (χ3n) is 7.42. The molecule has 2 aliphatic heterocycles. The van der Waals surface area contributed by atoms with Gasteiger partial charge in [0.05, 0.1) is 12.7 Å². The zero-order valence-electron chi connectivity index (χ0n) is 21.2. The molecule has 2 atom stereocenters. The molecule has 0 N–H and O–H groups in total. The van der Waals surface area contributed by atoms with Gasteiger partial charge in [0.25, 0.3) is 0 Å². The van der Waals surface area contributed by atoms with Crippen LogP contribution in [0.5, 0.6) is 0 Å². The van der Waals surface area contributed by atoms with Crippen LogP contribution < -0.4 is 0 Å². The highest BCUT2D eigenvalue weighted by atomic mass is 16.5. The number of hydrogen-bond donors (Lipinski definition) is 0. The molecule has 34 heavy (non-hydrogen) atoms. The fourth-order valence-corrected chi connectivity index (χ4v) is 5.44. The molecule has 5 nitrogen and oxygen atoms in total. The van der Waals surface area contributed by atoms with Crippen molar-refractivity contribution in [3.05, 3.63) is 76.9 Å². The van der Waals surface area contributed by atoms with Crippen LogP contribution in [0.2, 0.25) is 0 Å². The Balaban J connectivity index is 1.40. The van der Waals surface area contributed by atoms with E-state index < -0.39 is 0 Å². The second-order valence-corrected chi connectivity index (χ2v) is 9.78. The number of ether oxygens (including phenoxy) is 1. The van der Waals surface area contributed by atoms with Gasteiger partial charge < -0.3 is 4.74 Å². The molecule has 4 rings (SSSR count). The number of methoxy groups -OCH3 is 1. The summed E-state index contributed by atoms with van der Waals surface area (Å²) in [5.74, 6) is -0.283. The van der Waals surface area contributed by atoms with Crippen LogP contribution in [-0.2, 0) is 17.8 Å². The number of carbonyl (C=O) groups is 1. The molecule has 182 valence electrons. The Morgan fingerprint density at radius 1 is 0.971 bits per heavy atom. The third-order valence-corrected chi connectivity index (χ3v) is 7.42. The maximum Gasteiger partial charge on any atom is 0.337 e. The topological polar surface area (TPSA) is 36.0 Å². The SMILES string of the molecule is CCN1CC=C(c2ccccc2CN2[C@H](C)CN(Cc3ccc(C(=O)OC)cc3)C[C@@H]2C)CC1. The molecule has 0 bridgehead atoms. The molecule has 2 aromatic rings. The maximum atomic E-state index is 11.7. The first kappa shape index (κ1) is 24.6. The van der Waals surface area contributed by atoms with E-state index in [0.717, 1.165) is 52.2 Å². The Morgan fingerprint density at radius 3 is 2.29 bits per heavy atom. The number of likely N-dealkylation sites (N-methyl/N-ethyl adjacent to an activating group) is 1. The summed E-state index contributed by atoms with van der Waals surface area (Å²) in [7, 11) is 1.42. The van der Waals surface area contributed by atoms with Gasteiger partial charge in [0.1, 0.15) is 0 Å². The van der Waals surface area contributed by atoms with E-state index in [1.54, 1.807) is 0 Å². The Labute approximate surface area is 205 Å². The molecule has 5 heteroatoms. The Bertz CT molecular complexity index is 989. The van der Waals surface area contributed by atoms with Crippen molar-refractivity contribution in [1.29, 1.82) is 0 Å². The van der Waals surface area contributed by atoms with E-state index in [0.29, 0.717) is 17.6 Å². The fraction of sp³-hybridized carbons (Fsp3) is 0.483. The predicted octanol–water partition coefficient (Wildman–Crippen LogP) is 4.68. The molecule has 1 fully saturated rings. The van der Waals surface area contributed by atoms with E-state index in [1.807, 2.05) is 24.3 Å². The molecule has 0 aliphatic carbocycles. The van der Waals surface area contributed by atoms with Crippen molar-refractivity contribution in [3.63, 3.8) is 0 Å². The third kappa shape index (κ3) is 5.77. The number of hydrogen-bond acceptors (Lipinski definition) is 5.